The Morgan fingerprint density at radius 2 is 1.09 bits per heavy atom. The Morgan fingerprint density at radius 3 is 1.89 bits per heavy atom. The molecule has 0 unspecified atom stereocenters. The van der Waals surface area contributed by atoms with E-state index in [1.54, 1.807) is 0 Å². The summed E-state index contributed by atoms with van der Waals surface area (Å²) in [6, 6.07) is 60.1. The van der Waals surface area contributed by atoms with Gasteiger partial charge in [-0.3, -0.25) is 0 Å². The molecule has 0 aliphatic heterocycles. The van der Waals surface area contributed by atoms with E-state index in [0.717, 1.165) is 55.8 Å². The molecule has 0 saturated heterocycles. The quantitative estimate of drug-likeness (QED) is 0.203. The van der Waals surface area contributed by atoms with Gasteiger partial charge < -0.3 is 13.9 Å². The van der Waals surface area contributed by atoms with Crippen LogP contribution in [0.15, 0.2) is 174 Å². The molecule has 2 heterocycles. The highest BCUT2D eigenvalue weighted by Gasteiger charge is 2.24. The third-order valence-corrected chi connectivity index (χ3v) is 8.77. The van der Waals surface area contributed by atoms with E-state index in [1.807, 2.05) is 12.1 Å². The number of rotatable bonds is 5. The summed E-state index contributed by atoms with van der Waals surface area (Å²) in [4.78, 5) is 2.36. The minimum Gasteiger partial charge on any atom is -0.454 e. The molecule has 0 spiro atoms. The molecular weight excluding hydrogens is 548 g/mol. The van der Waals surface area contributed by atoms with E-state index in [2.05, 4.69) is 167 Å². The standard InChI is InChI=1S/C42H28N2O/c1-4-15-29(16-5-1)35-27-40-36(32-21-10-12-24-37(32)43(40)30-17-6-2-7-18-30)28-39(35)44(31-19-8-3-9-20-31)38-25-14-23-34-33-22-11-13-26-41(33)45-42(34)38/h1-28H. The number of benzene rings is 7. The van der Waals surface area contributed by atoms with Gasteiger partial charge in [-0.1, -0.05) is 115 Å². The Labute approximate surface area is 260 Å². The fourth-order valence-electron chi connectivity index (χ4n) is 6.79. The molecule has 0 N–H and O–H groups in total. The first-order chi connectivity index (χ1) is 22.3. The first-order valence-corrected chi connectivity index (χ1v) is 15.3. The lowest BCUT2D eigenvalue weighted by Gasteiger charge is -2.28. The first-order valence-electron chi connectivity index (χ1n) is 15.3. The molecule has 0 aliphatic carbocycles. The maximum Gasteiger partial charge on any atom is 0.159 e. The number of para-hydroxylation sites is 5. The number of hydrogen-bond donors (Lipinski definition) is 0. The monoisotopic (exact) mass is 576 g/mol. The Kier molecular flexibility index (Phi) is 5.82. The zero-order valence-corrected chi connectivity index (χ0v) is 24.5. The van der Waals surface area contributed by atoms with Gasteiger partial charge in [0.15, 0.2) is 5.58 Å². The van der Waals surface area contributed by atoms with Crippen LogP contribution in [0.3, 0.4) is 0 Å². The molecule has 45 heavy (non-hydrogen) atoms. The van der Waals surface area contributed by atoms with Crippen LogP contribution in [0.4, 0.5) is 17.1 Å². The van der Waals surface area contributed by atoms with Crippen molar-refractivity contribution < 1.29 is 4.42 Å². The molecule has 9 rings (SSSR count). The van der Waals surface area contributed by atoms with Crippen LogP contribution >= 0.6 is 0 Å². The van der Waals surface area contributed by atoms with Crippen molar-refractivity contribution in [2.24, 2.45) is 0 Å². The number of aromatic nitrogens is 1. The molecule has 3 heteroatoms. The molecular formula is C42H28N2O. The maximum atomic E-state index is 6.63. The normalized spacial score (nSPS) is 11.6. The van der Waals surface area contributed by atoms with Gasteiger partial charge in [0.1, 0.15) is 5.58 Å². The van der Waals surface area contributed by atoms with Gasteiger partial charge in [-0.2, -0.15) is 0 Å². The third kappa shape index (κ3) is 4.05. The lowest BCUT2D eigenvalue weighted by Crippen LogP contribution is -2.11. The van der Waals surface area contributed by atoms with Gasteiger partial charge in [-0.25, -0.2) is 0 Å². The van der Waals surface area contributed by atoms with E-state index in [-0.39, 0.29) is 0 Å². The van der Waals surface area contributed by atoms with E-state index >= 15 is 0 Å². The summed E-state index contributed by atoms with van der Waals surface area (Å²) >= 11 is 0. The second kappa shape index (κ2) is 10.3. The number of furan rings is 1. The van der Waals surface area contributed by atoms with Gasteiger partial charge in [0, 0.05) is 38.5 Å². The third-order valence-electron chi connectivity index (χ3n) is 8.77. The molecule has 9 aromatic rings. The van der Waals surface area contributed by atoms with Crippen molar-refractivity contribution in [2.45, 2.75) is 0 Å². The number of hydrogen-bond acceptors (Lipinski definition) is 2. The van der Waals surface area contributed by atoms with Crippen LogP contribution in [0.25, 0.3) is 60.6 Å². The van der Waals surface area contributed by atoms with Crippen molar-refractivity contribution in [1.29, 1.82) is 0 Å². The largest absolute Gasteiger partial charge is 0.454 e. The van der Waals surface area contributed by atoms with Crippen molar-refractivity contribution >= 4 is 60.8 Å². The topological polar surface area (TPSA) is 21.3 Å². The molecule has 2 aromatic heterocycles. The minimum atomic E-state index is 0.869. The van der Waals surface area contributed by atoms with Gasteiger partial charge in [0.2, 0.25) is 0 Å². The zero-order chi connectivity index (χ0) is 29.7. The summed E-state index contributed by atoms with van der Waals surface area (Å²) in [6.07, 6.45) is 0. The molecule has 0 aliphatic rings. The smallest absolute Gasteiger partial charge is 0.159 e. The van der Waals surface area contributed by atoms with Crippen LogP contribution in [-0.4, -0.2) is 4.57 Å². The molecule has 0 saturated carbocycles. The molecule has 0 amide bonds. The highest BCUT2D eigenvalue weighted by atomic mass is 16.3. The first kappa shape index (κ1) is 25.4. The minimum absolute atomic E-state index is 0.869. The Balaban J connectivity index is 1.42. The van der Waals surface area contributed by atoms with E-state index in [4.69, 9.17) is 4.42 Å². The van der Waals surface area contributed by atoms with Crippen LogP contribution in [-0.2, 0) is 0 Å². The summed E-state index contributed by atoms with van der Waals surface area (Å²) in [5.41, 5.74) is 10.7. The van der Waals surface area contributed by atoms with E-state index in [0.29, 0.717) is 0 Å². The summed E-state index contributed by atoms with van der Waals surface area (Å²) in [7, 11) is 0. The molecule has 0 radical (unpaired) electrons. The summed E-state index contributed by atoms with van der Waals surface area (Å²) in [5.74, 6) is 0. The van der Waals surface area contributed by atoms with Crippen LogP contribution in [0.1, 0.15) is 0 Å². The average molecular weight is 577 g/mol. The zero-order valence-electron chi connectivity index (χ0n) is 24.5. The lowest BCUT2D eigenvalue weighted by atomic mass is 9.99. The fourth-order valence-corrected chi connectivity index (χ4v) is 6.79. The number of fused-ring (bicyclic) bond motifs is 6. The molecule has 212 valence electrons. The van der Waals surface area contributed by atoms with Crippen LogP contribution in [0, 0.1) is 0 Å². The number of anilines is 3. The average Bonchev–Trinajstić information content (AvgIpc) is 3.65. The fraction of sp³-hybridized carbons (Fsp3) is 0. The molecule has 0 atom stereocenters. The predicted molar refractivity (Wildman–Crippen MR) is 188 cm³/mol. The maximum absolute atomic E-state index is 6.63. The molecule has 0 fully saturated rings. The number of nitrogens with zero attached hydrogens (tertiary/aromatic N) is 2. The lowest BCUT2D eigenvalue weighted by molar-refractivity contribution is 0.669. The van der Waals surface area contributed by atoms with Gasteiger partial charge in [-0.05, 0) is 60.2 Å². The van der Waals surface area contributed by atoms with Gasteiger partial charge in [0.25, 0.3) is 0 Å². The van der Waals surface area contributed by atoms with Gasteiger partial charge >= 0.3 is 0 Å². The highest BCUT2D eigenvalue weighted by molar-refractivity contribution is 6.15. The SMILES string of the molecule is c1ccc(-c2cc3c(cc2N(c2ccccc2)c2cccc4c2oc2ccccc24)c2ccccc2n3-c2ccccc2)cc1. The van der Waals surface area contributed by atoms with Crippen LogP contribution < -0.4 is 4.90 Å². The molecule has 3 nitrogen and oxygen atoms in total. The van der Waals surface area contributed by atoms with Crippen molar-refractivity contribution in [1.82, 2.24) is 4.57 Å². The van der Waals surface area contributed by atoms with Crippen molar-refractivity contribution in [2.75, 3.05) is 4.90 Å². The van der Waals surface area contributed by atoms with Crippen molar-refractivity contribution in [3.63, 3.8) is 0 Å². The second-order valence-corrected chi connectivity index (χ2v) is 11.4. The Morgan fingerprint density at radius 1 is 0.444 bits per heavy atom. The Bertz CT molecular complexity index is 2470. The molecule has 0 bridgehead atoms. The van der Waals surface area contributed by atoms with Gasteiger partial charge in [0.05, 0.1) is 22.4 Å². The van der Waals surface area contributed by atoms with Gasteiger partial charge in [-0.15, -0.1) is 0 Å². The summed E-state index contributed by atoms with van der Waals surface area (Å²) < 4.78 is 9.01. The van der Waals surface area contributed by atoms with E-state index in [1.165, 1.54) is 21.8 Å². The van der Waals surface area contributed by atoms with E-state index in [9.17, 15) is 0 Å². The predicted octanol–water partition coefficient (Wildman–Crippen LogP) is 11.8. The molecule has 7 aromatic carbocycles. The summed E-state index contributed by atoms with van der Waals surface area (Å²) in [5, 5.41) is 4.63. The Hall–Kier alpha value is -6.06. The van der Waals surface area contributed by atoms with Crippen LogP contribution in [0.5, 0.6) is 0 Å². The van der Waals surface area contributed by atoms with E-state index < -0.39 is 0 Å². The highest BCUT2D eigenvalue weighted by Crippen LogP contribution is 2.47. The van der Waals surface area contributed by atoms with Crippen molar-refractivity contribution in [3.8, 4) is 16.8 Å². The second-order valence-electron chi connectivity index (χ2n) is 11.4. The van der Waals surface area contributed by atoms with Crippen LogP contribution in [0.2, 0.25) is 0 Å². The summed E-state index contributed by atoms with van der Waals surface area (Å²) in [6.45, 7) is 0. The van der Waals surface area contributed by atoms with Crippen molar-refractivity contribution in [3.05, 3.63) is 170 Å².